The Labute approximate surface area is 149 Å². The minimum Gasteiger partial charge on any atom is -0.353 e. The van der Waals surface area contributed by atoms with E-state index in [9.17, 15) is 13.2 Å². The Morgan fingerprint density at radius 2 is 1.92 bits per heavy atom. The van der Waals surface area contributed by atoms with Crippen molar-refractivity contribution in [3.8, 4) is 0 Å². The van der Waals surface area contributed by atoms with Gasteiger partial charge in [-0.1, -0.05) is 18.2 Å². The first-order valence-electron chi connectivity index (χ1n) is 7.95. The van der Waals surface area contributed by atoms with Crippen molar-refractivity contribution in [3.63, 3.8) is 0 Å². The maximum absolute atomic E-state index is 12.6. The second-order valence-electron chi connectivity index (χ2n) is 5.61. The van der Waals surface area contributed by atoms with E-state index in [-0.39, 0.29) is 6.54 Å². The third-order valence-corrected chi connectivity index (χ3v) is 3.71. The Morgan fingerprint density at radius 3 is 2.46 bits per heavy atom. The first-order valence-corrected chi connectivity index (χ1v) is 7.95. The summed E-state index contributed by atoms with van der Waals surface area (Å²) in [4.78, 5) is 4.38. The van der Waals surface area contributed by atoms with Crippen molar-refractivity contribution in [3.05, 3.63) is 59.7 Å². The van der Waals surface area contributed by atoms with Gasteiger partial charge in [0, 0.05) is 13.6 Å². The largest absolute Gasteiger partial charge is 0.416 e. The van der Waals surface area contributed by atoms with Crippen LogP contribution >= 0.6 is 0 Å². The lowest BCUT2D eigenvalue weighted by Gasteiger charge is -2.11. The second-order valence-corrected chi connectivity index (χ2v) is 5.61. The molecule has 140 valence electrons. The molecule has 2 aromatic rings. The predicted octanol–water partition coefficient (Wildman–Crippen LogP) is 2.56. The molecule has 26 heavy (non-hydrogen) atoms. The van der Waals surface area contributed by atoms with Crippen molar-refractivity contribution in [2.45, 2.75) is 26.2 Å². The molecule has 0 saturated heterocycles. The maximum Gasteiger partial charge on any atom is 0.416 e. The van der Waals surface area contributed by atoms with Crippen LogP contribution in [0.1, 0.15) is 22.8 Å². The Bertz CT molecular complexity index is 762. The molecule has 2 N–H and O–H groups in total. The van der Waals surface area contributed by atoms with Gasteiger partial charge in [0.1, 0.15) is 5.82 Å². The fourth-order valence-corrected chi connectivity index (χ4v) is 2.08. The highest BCUT2D eigenvalue weighted by molar-refractivity contribution is 5.79. The number of rotatable bonds is 6. The van der Waals surface area contributed by atoms with Crippen LogP contribution < -0.4 is 10.6 Å². The molecule has 0 amide bonds. The summed E-state index contributed by atoms with van der Waals surface area (Å²) >= 11 is 0. The van der Waals surface area contributed by atoms with Gasteiger partial charge >= 0.3 is 6.18 Å². The van der Waals surface area contributed by atoms with Gasteiger partial charge < -0.3 is 15.2 Å². The highest BCUT2D eigenvalue weighted by Gasteiger charge is 2.29. The minimum atomic E-state index is -4.34. The van der Waals surface area contributed by atoms with E-state index in [0.717, 1.165) is 23.8 Å². The molecule has 1 aromatic heterocycles. The minimum absolute atomic E-state index is 0.239. The van der Waals surface area contributed by atoms with Crippen molar-refractivity contribution < 1.29 is 13.2 Å². The molecule has 9 heteroatoms. The lowest BCUT2D eigenvalue weighted by atomic mass is 10.1. The number of benzene rings is 1. The third kappa shape index (κ3) is 5.33. The number of hydrogen-bond donors (Lipinski definition) is 2. The summed E-state index contributed by atoms with van der Waals surface area (Å²) in [5.41, 5.74) is -0.00165. The number of nitrogens with zero attached hydrogens (tertiary/aromatic N) is 4. The Balaban J connectivity index is 2.03. The average Bonchev–Trinajstić information content (AvgIpc) is 2.92. The van der Waals surface area contributed by atoms with Gasteiger partial charge in [-0.2, -0.15) is 13.2 Å². The summed E-state index contributed by atoms with van der Waals surface area (Å²) in [5, 5.41) is 14.2. The molecule has 0 radical (unpaired) electrons. The molecule has 0 fully saturated rings. The van der Waals surface area contributed by atoms with Crippen LogP contribution in [0.15, 0.2) is 41.9 Å². The molecule has 0 bridgehead atoms. The van der Waals surface area contributed by atoms with Crippen LogP contribution in [-0.2, 0) is 26.3 Å². The fraction of sp³-hybridized carbons (Fsp3) is 0.353. The normalized spacial score (nSPS) is 12.1. The molecule has 0 aliphatic carbocycles. The van der Waals surface area contributed by atoms with Crippen LogP contribution in [0.25, 0.3) is 0 Å². The molecule has 1 heterocycles. The molecule has 0 spiro atoms. The van der Waals surface area contributed by atoms with Gasteiger partial charge in [-0.05, 0) is 24.6 Å². The monoisotopic (exact) mass is 366 g/mol. The number of aromatic nitrogens is 3. The Kier molecular flexibility index (Phi) is 6.37. The van der Waals surface area contributed by atoms with Gasteiger partial charge in [0.2, 0.25) is 0 Å². The van der Waals surface area contributed by atoms with Crippen LogP contribution in [0.5, 0.6) is 0 Å². The lowest BCUT2D eigenvalue weighted by molar-refractivity contribution is -0.137. The number of aryl methyl sites for hydroxylation is 1. The molecular formula is C17H21F3N6. The first-order chi connectivity index (χ1) is 12.3. The smallest absolute Gasteiger partial charge is 0.353 e. The SMILES string of the molecule is C=CCNC(=NCc1ccc(C(F)(F)F)cc1)NCc1nnc(C)n1C. The van der Waals surface area contributed by atoms with Crippen LogP contribution in [-0.4, -0.2) is 27.3 Å². The van der Waals surface area contributed by atoms with Crippen molar-refractivity contribution in [2.75, 3.05) is 6.54 Å². The van der Waals surface area contributed by atoms with Gasteiger partial charge in [0.15, 0.2) is 11.8 Å². The predicted molar refractivity (Wildman–Crippen MR) is 93.4 cm³/mol. The van der Waals surface area contributed by atoms with Crippen LogP contribution in [0, 0.1) is 6.92 Å². The van der Waals surface area contributed by atoms with E-state index in [1.165, 1.54) is 12.1 Å². The summed E-state index contributed by atoms with van der Waals surface area (Å²) in [6.07, 6.45) is -2.66. The topological polar surface area (TPSA) is 67.1 Å². The zero-order valence-electron chi connectivity index (χ0n) is 14.6. The highest BCUT2D eigenvalue weighted by atomic mass is 19.4. The number of halogens is 3. The van der Waals surface area contributed by atoms with E-state index in [2.05, 4.69) is 32.4 Å². The number of guanidine groups is 1. The van der Waals surface area contributed by atoms with Gasteiger partial charge in [-0.3, -0.25) is 0 Å². The number of aliphatic imine (C=N–C) groups is 1. The standard InChI is InChI=1S/C17H21F3N6/c1-4-9-21-16(23-11-15-25-24-12(2)26(15)3)22-10-13-5-7-14(8-6-13)17(18,19)20/h4-8H,1,9-11H2,2-3H3,(H2,21,22,23). The Hall–Kier alpha value is -2.84. The van der Waals surface area contributed by atoms with E-state index in [0.29, 0.717) is 24.6 Å². The molecule has 2 rings (SSSR count). The zero-order valence-corrected chi connectivity index (χ0v) is 14.6. The first kappa shape index (κ1) is 19.5. The molecule has 0 saturated carbocycles. The highest BCUT2D eigenvalue weighted by Crippen LogP contribution is 2.29. The van der Waals surface area contributed by atoms with Crippen molar-refractivity contribution in [2.24, 2.45) is 12.0 Å². The van der Waals surface area contributed by atoms with E-state index in [1.807, 2.05) is 18.5 Å². The van der Waals surface area contributed by atoms with Crippen LogP contribution in [0.3, 0.4) is 0 Å². The van der Waals surface area contributed by atoms with Gasteiger partial charge in [0.05, 0.1) is 18.7 Å². The zero-order chi connectivity index (χ0) is 19.2. The molecule has 6 nitrogen and oxygen atoms in total. The molecular weight excluding hydrogens is 345 g/mol. The molecule has 0 aliphatic heterocycles. The summed E-state index contributed by atoms with van der Waals surface area (Å²) < 4.78 is 39.7. The second kappa shape index (κ2) is 8.50. The molecule has 0 aliphatic rings. The molecule has 0 unspecified atom stereocenters. The van der Waals surface area contributed by atoms with E-state index in [4.69, 9.17) is 0 Å². The Morgan fingerprint density at radius 1 is 1.23 bits per heavy atom. The molecule has 1 aromatic carbocycles. The van der Waals surface area contributed by atoms with E-state index in [1.54, 1.807) is 6.08 Å². The summed E-state index contributed by atoms with van der Waals surface area (Å²) in [5.74, 6) is 2.04. The quantitative estimate of drug-likeness (QED) is 0.468. The van der Waals surface area contributed by atoms with Crippen molar-refractivity contribution >= 4 is 5.96 Å². The van der Waals surface area contributed by atoms with Crippen molar-refractivity contribution in [1.82, 2.24) is 25.4 Å². The van der Waals surface area contributed by atoms with E-state index >= 15 is 0 Å². The number of alkyl halides is 3. The summed E-state index contributed by atoms with van der Waals surface area (Å²) in [6, 6.07) is 4.95. The average molecular weight is 366 g/mol. The lowest BCUT2D eigenvalue weighted by Crippen LogP contribution is -2.37. The van der Waals surface area contributed by atoms with Gasteiger partial charge in [-0.15, -0.1) is 16.8 Å². The van der Waals surface area contributed by atoms with Crippen molar-refractivity contribution in [1.29, 1.82) is 0 Å². The van der Waals surface area contributed by atoms with Crippen LogP contribution in [0.2, 0.25) is 0 Å². The molecule has 0 atom stereocenters. The fourth-order valence-electron chi connectivity index (χ4n) is 2.08. The summed E-state index contributed by atoms with van der Waals surface area (Å²) in [7, 11) is 1.86. The van der Waals surface area contributed by atoms with E-state index < -0.39 is 11.7 Å². The van der Waals surface area contributed by atoms with Gasteiger partial charge in [0.25, 0.3) is 0 Å². The maximum atomic E-state index is 12.6. The van der Waals surface area contributed by atoms with Crippen LogP contribution in [0.4, 0.5) is 13.2 Å². The summed E-state index contributed by atoms with van der Waals surface area (Å²) in [6.45, 7) is 6.64. The number of hydrogen-bond acceptors (Lipinski definition) is 3. The third-order valence-electron chi connectivity index (χ3n) is 3.71. The van der Waals surface area contributed by atoms with Gasteiger partial charge in [-0.25, -0.2) is 4.99 Å². The number of nitrogens with one attached hydrogen (secondary N) is 2.